The first-order chi connectivity index (χ1) is 7.69. The quantitative estimate of drug-likeness (QED) is 0.488. The van der Waals surface area contributed by atoms with E-state index in [2.05, 4.69) is 4.90 Å². The second-order valence-electron chi connectivity index (χ2n) is 3.42. The molecular formula is C12H17ClN2O. The molecule has 0 aromatic heterocycles. The number of rotatable bonds is 5. The second-order valence-corrected chi connectivity index (χ2v) is 3.80. The SMILES string of the molecule is CCOC(=N)c1ccc(N(C)CCCl)cc1. The molecule has 1 rings (SSSR count). The fourth-order valence-electron chi connectivity index (χ4n) is 1.35. The van der Waals surface area contributed by atoms with Gasteiger partial charge in [-0.2, -0.15) is 0 Å². The van der Waals surface area contributed by atoms with Gasteiger partial charge in [-0.3, -0.25) is 5.41 Å². The highest BCUT2D eigenvalue weighted by molar-refractivity contribution is 6.18. The van der Waals surface area contributed by atoms with Crippen molar-refractivity contribution in [2.24, 2.45) is 0 Å². The van der Waals surface area contributed by atoms with Crippen LogP contribution in [0.25, 0.3) is 0 Å². The fraction of sp³-hybridized carbons (Fsp3) is 0.417. The minimum Gasteiger partial charge on any atom is -0.478 e. The number of alkyl halides is 1. The summed E-state index contributed by atoms with van der Waals surface area (Å²) in [5.41, 5.74) is 1.89. The Morgan fingerprint density at radius 2 is 2.00 bits per heavy atom. The second kappa shape index (κ2) is 6.38. The zero-order chi connectivity index (χ0) is 12.0. The van der Waals surface area contributed by atoms with Gasteiger partial charge in [-0.25, -0.2) is 0 Å². The molecule has 1 aromatic rings. The zero-order valence-corrected chi connectivity index (χ0v) is 10.4. The van der Waals surface area contributed by atoms with Gasteiger partial charge in [0.1, 0.15) is 0 Å². The van der Waals surface area contributed by atoms with Gasteiger partial charge in [0.2, 0.25) is 5.90 Å². The molecule has 0 aliphatic carbocycles. The largest absolute Gasteiger partial charge is 0.478 e. The number of nitrogens with one attached hydrogen (secondary N) is 1. The number of benzene rings is 1. The van der Waals surface area contributed by atoms with Gasteiger partial charge in [-0.1, -0.05) is 0 Å². The lowest BCUT2D eigenvalue weighted by Gasteiger charge is -2.18. The minimum absolute atomic E-state index is 0.217. The number of hydrogen-bond donors (Lipinski definition) is 1. The van der Waals surface area contributed by atoms with E-state index in [4.69, 9.17) is 21.7 Å². The van der Waals surface area contributed by atoms with Crippen LogP contribution in [0.1, 0.15) is 12.5 Å². The van der Waals surface area contributed by atoms with Gasteiger partial charge in [0.15, 0.2) is 0 Å². The van der Waals surface area contributed by atoms with Crippen LogP contribution in [0, 0.1) is 5.41 Å². The van der Waals surface area contributed by atoms with E-state index < -0.39 is 0 Å². The number of hydrogen-bond acceptors (Lipinski definition) is 3. The molecule has 0 aliphatic heterocycles. The summed E-state index contributed by atoms with van der Waals surface area (Å²) in [6.45, 7) is 3.20. The molecule has 0 aliphatic rings. The third kappa shape index (κ3) is 3.42. The van der Waals surface area contributed by atoms with E-state index in [1.807, 2.05) is 38.2 Å². The molecule has 4 heteroatoms. The summed E-state index contributed by atoms with van der Waals surface area (Å²) >= 11 is 5.67. The predicted molar refractivity (Wildman–Crippen MR) is 68.9 cm³/mol. The lowest BCUT2D eigenvalue weighted by Crippen LogP contribution is -2.19. The molecule has 1 N–H and O–H groups in total. The number of ether oxygens (including phenoxy) is 1. The summed E-state index contributed by atoms with van der Waals surface area (Å²) in [7, 11) is 1.99. The average molecular weight is 241 g/mol. The summed E-state index contributed by atoms with van der Waals surface area (Å²) in [6, 6.07) is 7.71. The van der Waals surface area contributed by atoms with Crippen LogP contribution < -0.4 is 4.90 Å². The summed E-state index contributed by atoms with van der Waals surface area (Å²) < 4.78 is 5.12. The van der Waals surface area contributed by atoms with Crippen LogP contribution in [0.3, 0.4) is 0 Å². The number of anilines is 1. The molecule has 0 bridgehead atoms. The van der Waals surface area contributed by atoms with Crippen molar-refractivity contribution in [3.8, 4) is 0 Å². The maximum atomic E-state index is 7.63. The van der Waals surface area contributed by atoms with Gasteiger partial charge in [0.05, 0.1) is 6.61 Å². The molecule has 0 atom stereocenters. The standard InChI is InChI=1S/C12H17ClN2O/c1-3-16-12(14)10-4-6-11(7-5-10)15(2)9-8-13/h4-7,14H,3,8-9H2,1-2H3. The first kappa shape index (κ1) is 12.8. The van der Waals surface area contributed by atoms with Crippen LogP contribution in [0.2, 0.25) is 0 Å². The molecule has 3 nitrogen and oxygen atoms in total. The number of halogens is 1. The predicted octanol–water partition coefficient (Wildman–Crippen LogP) is 2.72. The summed E-state index contributed by atoms with van der Waals surface area (Å²) in [5, 5.41) is 7.63. The maximum Gasteiger partial charge on any atom is 0.213 e. The molecule has 0 unspecified atom stereocenters. The van der Waals surface area contributed by atoms with Crippen molar-refractivity contribution in [1.82, 2.24) is 0 Å². The molecule has 0 amide bonds. The Morgan fingerprint density at radius 3 is 2.50 bits per heavy atom. The molecule has 0 spiro atoms. The molecule has 0 saturated carbocycles. The first-order valence-corrected chi connectivity index (χ1v) is 5.81. The Balaban J connectivity index is 2.71. The van der Waals surface area contributed by atoms with Crippen molar-refractivity contribution in [3.63, 3.8) is 0 Å². The van der Waals surface area contributed by atoms with Crippen molar-refractivity contribution in [2.45, 2.75) is 6.92 Å². The van der Waals surface area contributed by atoms with Gasteiger partial charge in [-0.15, -0.1) is 11.6 Å². The Morgan fingerprint density at radius 1 is 1.38 bits per heavy atom. The molecule has 1 aromatic carbocycles. The van der Waals surface area contributed by atoms with Crippen LogP contribution >= 0.6 is 11.6 Å². The van der Waals surface area contributed by atoms with E-state index in [1.54, 1.807) is 0 Å². The Labute approximate surface area is 101 Å². The minimum atomic E-state index is 0.217. The van der Waals surface area contributed by atoms with Crippen LogP contribution in [0.5, 0.6) is 0 Å². The van der Waals surface area contributed by atoms with E-state index in [0.717, 1.165) is 17.8 Å². The van der Waals surface area contributed by atoms with E-state index in [0.29, 0.717) is 12.5 Å². The van der Waals surface area contributed by atoms with Crippen LogP contribution in [0.4, 0.5) is 5.69 Å². The van der Waals surface area contributed by atoms with Crippen LogP contribution in [0.15, 0.2) is 24.3 Å². The molecule has 0 heterocycles. The molecule has 88 valence electrons. The topological polar surface area (TPSA) is 36.3 Å². The fourth-order valence-corrected chi connectivity index (χ4v) is 1.60. The summed E-state index contributed by atoms with van der Waals surface area (Å²) in [4.78, 5) is 2.07. The van der Waals surface area contributed by atoms with Crippen molar-refractivity contribution >= 4 is 23.2 Å². The van der Waals surface area contributed by atoms with Gasteiger partial charge >= 0.3 is 0 Å². The van der Waals surface area contributed by atoms with E-state index in [9.17, 15) is 0 Å². The van der Waals surface area contributed by atoms with Crippen molar-refractivity contribution < 1.29 is 4.74 Å². The van der Waals surface area contributed by atoms with Gasteiger partial charge in [0, 0.05) is 30.7 Å². The van der Waals surface area contributed by atoms with E-state index >= 15 is 0 Å². The lowest BCUT2D eigenvalue weighted by atomic mass is 10.2. The first-order valence-electron chi connectivity index (χ1n) is 5.28. The maximum absolute atomic E-state index is 7.63. The Bertz CT molecular complexity index is 337. The third-order valence-electron chi connectivity index (χ3n) is 2.28. The van der Waals surface area contributed by atoms with Crippen molar-refractivity contribution in [3.05, 3.63) is 29.8 Å². The highest BCUT2D eigenvalue weighted by atomic mass is 35.5. The summed E-state index contributed by atoms with van der Waals surface area (Å²) in [5.74, 6) is 0.821. The lowest BCUT2D eigenvalue weighted by molar-refractivity contribution is 0.325. The van der Waals surface area contributed by atoms with Crippen molar-refractivity contribution in [1.29, 1.82) is 5.41 Å². The van der Waals surface area contributed by atoms with Crippen molar-refractivity contribution in [2.75, 3.05) is 31.0 Å². The molecular weight excluding hydrogens is 224 g/mol. The zero-order valence-electron chi connectivity index (χ0n) is 9.66. The average Bonchev–Trinajstić information content (AvgIpc) is 2.30. The van der Waals surface area contributed by atoms with E-state index in [1.165, 1.54) is 0 Å². The van der Waals surface area contributed by atoms with Gasteiger partial charge in [-0.05, 0) is 31.2 Å². The molecule has 0 radical (unpaired) electrons. The van der Waals surface area contributed by atoms with Crippen LogP contribution in [-0.4, -0.2) is 32.0 Å². The molecule has 16 heavy (non-hydrogen) atoms. The number of nitrogens with zero attached hydrogens (tertiary/aromatic N) is 1. The molecule has 0 fully saturated rings. The van der Waals surface area contributed by atoms with Gasteiger partial charge in [0.25, 0.3) is 0 Å². The van der Waals surface area contributed by atoms with Gasteiger partial charge < -0.3 is 9.64 Å². The summed E-state index contributed by atoms with van der Waals surface area (Å²) in [6.07, 6.45) is 0. The third-order valence-corrected chi connectivity index (χ3v) is 2.45. The highest BCUT2D eigenvalue weighted by Gasteiger charge is 2.03. The van der Waals surface area contributed by atoms with E-state index in [-0.39, 0.29) is 5.90 Å². The normalized spacial score (nSPS) is 9.94. The molecule has 0 saturated heterocycles. The highest BCUT2D eigenvalue weighted by Crippen LogP contribution is 2.14. The van der Waals surface area contributed by atoms with Crippen LogP contribution in [-0.2, 0) is 4.74 Å². The smallest absolute Gasteiger partial charge is 0.213 e. The Kier molecular flexibility index (Phi) is 5.12. The Hall–Kier alpha value is -1.22. The monoisotopic (exact) mass is 240 g/mol.